The summed E-state index contributed by atoms with van der Waals surface area (Å²) in [5.41, 5.74) is 14.5. The van der Waals surface area contributed by atoms with Crippen LogP contribution in [-0.2, 0) is 14.4 Å². The largest absolute Gasteiger partial charge is 0.400 e. The van der Waals surface area contributed by atoms with Gasteiger partial charge in [0.2, 0.25) is 5.91 Å². The Hall–Kier alpha value is -4.84. The highest BCUT2D eigenvalue weighted by atomic mass is 16.2. The molecule has 12 nitrogen and oxygen atoms in total. The molecule has 3 rings (SSSR count). The zero-order valence-corrected chi connectivity index (χ0v) is 26.9. The number of ketones is 1. The van der Waals surface area contributed by atoms with Gasteiger partial charge in [-0.1, -0.05) is 36.4 Å². The molecule has 0 aliphatic heterocycles. The Morgan fingerprint density at radius 3 is 2.20 bits per heavy atom. The van der Waals surface area contributed by atoms with Crippen LogP contribution in [0.5, 0.6) is 0 Å². The molecule has 7 N–H and O–H groups in total. The summed E-state index contributed by atoms with van der Waals surface area (Å²) >= 11 is 0. The first kappa shape index (κ1) is 38.2. The average molecular weight is 622 g/mol. The van der Waals surface area contributed by atoms with Crippen molar-refractivity contribution in [3.8, 4) is 22.5 Å². The third-order valence-electron chi connectivity index (χ3n) is 6.06. The number of carbonyl (C=O) groups excluding carboxylic acids is 4. The van der Waals surface area contributed by atoms with E-state index in [-0.39, 0.29) is 42.4 Å². The van der Waals surface area contributed by atoms with E-state index in [1.165, 1.54) is 13.8 Å². The van der Waals surface area contributed by atoms with E-state index in [1.807, 2.05) is 66.9 Å². The number of hydrogen-bond donors (Lipinski definition) is 5. The molecule has 12 heteroatoms. The fraction of sp³-hybridized carbons (Fsp3) is 0.394. The molecule has 244 valence electrons. The fourth-order valence-electron chi connectivity index (χ4n) is 4.37. The highest BCUT2D eigenvalue weighted by Gasteiger charge is 2.31. The third-order valence-corrected chi connectivity index (χ3v) is 6.06. The molecule has 0 aliphatic rings. The Bertz CT molecular complexity index is 1380. The van der Waals surface area contributed by atoms with Crippen molar-refractivity contribution in [3.05, 3.63) is 60.4 Å². The number of aldehydes is 1. The molecule has 0 atom stereocenters. The Balaban J connectivity index is 0.00000156. The second-order valence-corrected chi connectivity index (χ2v) is 10.3. The van der Waals surface area contributed by atoms with Crippen LogP contribution in [0.1, 0.15) is 76.3 Å². The number of nitrogens with zero attached hydrogens (tertiary/aromatic N) is 3. The number of rotatable bonds is 14. The summed E-state index contributed by atoms with van der Waals surface area (Å²) < 4.78 is 1.95. The van der Waals surface area contributed by atoms with Gasteiger partial charge in [-0.2, -0.15) is 0 Å². The predicted molar refractivity (Wildman–Crippen MR) is 179 cm³/mol. The number of guanidine groups is 1. The molecule has 2 amide bonds. The third kappa shape index (κ3) is 12.7. The molecule has 0 saturated carbocycles. The van der Waals surface area contributed by atoms with Crippen LogP contribution in [0.15, 0.2) is 59.7 Å². The second kappa shape index (κ2) is 21.0. The maximum atomic E-state index is 13.8. The van der Waals surface area contributed by atoms with Crippen molar-refractivity contribution in [2.45, 2.75) is 65.8 Å². The maximum Gasteiger partial charge on any atom is 0.270 e. The number of nitrogens with one attached hydrogen (secondary N) is 2. The summed E-state index contributed by atoms with van der Waals surface area (Å²) in [6.45, 7) is 7.94. The smallest absolute Gasteiger partial charge is 0.270 e. The molecule has 0 bridgehead atoms. The molecule has 0 fully saturated rings. The van der Waals surface area contributed by atoms with Crippen molar-refractivity contribution >= 4 is 35.5 Å². The first-order chi connectivity index (χ1) is 21.6. The van der Waals surface area contributed by atoms with Gasteiger partial charge >= 0.3 is 0 Å². The first-order valence-electron chi connectivity index (χ1n) is 14.8. The van der Waals surface area contributed by atoms with Crippen LogP contribution in [-0.4, -0.2) is 64.7 Å². The van der Waals surface area contributed by atoms with Gasteiger partial charge < -0.3 is 41.4 Å². The standard InChI is InChI=1S/C29H37N7O3.C3H6O.CH4O/c1-20(2)36-26(21-12-4-3-5-13-21)24(22-14-6-8-16-32-22)25(35-23(38)15-7-11-19-37)27(36)28(39)33-17-9-10-18-34-29(30)31;1-3(2)4;1-2/h3-6,8,12-14,16,19-20H,7,9-11,15,17-18H2,1-2H3,(H,33,39)(H,35,38)(H4,30,31,34);1-2H3;2H,1H3. The summed E-state index contributed by atoms with van der Waals surface area (Å²) in [6.07, 6.45) is 4.72. The van der Waals surface area contributed by atoms with Crippen LogP contribution in [0, 0.1) is 0 Å². The highest BCUT2D eigenvalue weighted by molar-refractivity contribution is 6.10. The number of Topliss-reactive ketones (excluding diaryl/α,β-unsaturated/α-hetero) is 1. The lowest BCUT2D eigenvalue weighted by atomic mass is 10.0. The Labute approximate surface area is 265 Å². The lowest BCUT2D eigenvalue weighted by Gasteiger charge is -2.18. The van der Waals surface area contributed by atoms with Gasteiger partial charge in [-0.15, -0.1) is 0 Å². The van der Waals surface area contributed by atoms with Gasteiger partial charge in [0.25, 0.3) is 5.91 Å². The van der Waals surface area contributed by atoms with Gasteiger partial charge in [-0.3, -0.25) is 19.6 Å². The molecular formula is C33H47N7O5. The van der Waals surface area contributed by atoms with E-state index in [1.54, 1.807) is 6.20 Å². The number of nitrogens with two attached hydrogens (primary N) is 2. The predicted octanol–water partition coefficient (Wildman–Crippen LogP) is 4.09. The lowest BCUT2D eigenvalue weighted by molar-refractivity contribution is -0.116. The number of unbranched alkanes of at least 4 members (excludes halogenated alkanes) is 2. The molecule has 0 spiro atoms. The molecule has 0 saturated heterocycles. The van der Waals surface area contributed by atoms with Gasteiger partial charge in [-0.25, -0.2) is 0 Å². The number of aromatic nitrogens is 2. The number of hydrogen-bond acceptors (Lipinski definition) is 7. The zero-order chi connectivity index (χ0) is 33.8. The molecule has 0 unspecified atom stereocenters. The molecule has 0 aliphatic carbocycles. The van der Waals surface area contributed by atoms with Gasteiger partial charge in [0.15, 0.2) is 5.96 Å². The zero-order valence-electron chi connectivity index (χ0n) is 26.9. The minimum Gasteiger partial charge on any atom is -0.400 e. The number of carbonyl (C=O) groups is 4. The van der Waals surface area contributed by atoms with E-state index >= 15 is 0 Å². The minimum absolute atomic E-state index is 0.0396. The summed E-state index contributed by atoms with van der Waals surface area (Å²) in [6, 6.07) is 15.2. The van der Waals surface area contributed by atoms with E-state index < -0.39 is 0 Å². The van der Waals surface area contributed by atoms with E-state index in [0.717, 1.165) is 24.7 Å². The number of aliphatic hydroxyl groups is 1. The van der Waals surface area contributed by atoms with Gasteiger partial charge in [0.1, 0.15) is 17.8 Å². The first-order valence-corrected chi connectivity index (χ1v) is 14.8. The normalized spacial score (nSPS) is 10.0. The molecule has 2 aromatic heterocycles. The van der Waals surface area contributed by atoms with Crippen LogP contribution < -0.4 is 22.1 Å². The summed E-state index contributed by atoms with van der Waals surface area (Å²) in [4.78, 5) is 55.6. The molecule has 0 radical (unpaired) electrons. The van der Waals surface area contributed by atoms with Crippen molar-refractivity contribution in [2.75, 3.05) is 25.5 Å². The fourth-order valence-corrected chi connectivity index (χ4v) is 4.37. The van der Waals surface area contributed by atoms with Crippen molar-refractivity contribution in [1.29, 1.82) is 0 Å². The van der Waals surface area contributed by atoms with Crippen molar-refractivity contribution in [1.82, 2.24) is 14.9 Å². The Morgan fingerprint density at radius 2 is 1.64 bits per heavy atom. The molecule has 3 aromatic rings. The van der Waals surface area contributed by atoms with Gasteiger partial charge in [-0.05, 0) is 64.7 Å². The van der Waals surface area contributed by atoms with Gasteiger partial charge in [0.05, 0.1) is 22.6 Å². The molecule has 2 heterocycles. The molecule has 1 aromatic carbocycles. The quantitative estimate of drug-likeness (QED) is 0.0768. The number of anilines is 1. The maximum absolute atomic E-state index is 13.8. The number of pyridine rings is 1. The highest BCUT2D eigenvalue weighted by Crippen LogP contribution is 2.44. The van der Waals surface area contributed by atoms with Crippen LogP contribution in [0.4, 0.5) is 5.69 Å². The van der Waals surface area contributed by atoms with E-state index in [4.69, 9.17) is 16.6 Å². The van der Waals surface area contributed by atoms with E-state index in [9.17, 15) is 19.2 Å². The second-order valence-electron chi connectivity index (χ2n) is 10.3. The number of amides is 2. The van der Waals surface area contributed by atoms with E-state index in [2.05, 4.69) is 20.6 Å². The topological polar surface area (TPSA) is 195 Å². The SMILES string of the molecule is CC(C)=O.CC(C)n1c(C(=O)NCCCCN=C(N)N)c(NC(=O)CCCC=O)c(-c2ccccn2)c1-c1ccccc1.CO. The number of aliphatic imine (C=N–C) groups is 1. The van der Waals surface area contributed by atoms with Crippen LogP contribution >= 0.6 is 0 Å². The summed E-state index contributed by atoms with van der Waals surface area (Å²) in [5.74, 6) is -0.383. The van der Waals surface area contributed by atoms with Crippen LogP contribution in [0.2, 0.25) is 0 Å². The lowest BCUT2D eigenvalue weighted by Crippen LogP contribution is -2.29. The number of benzene rings is 1. The Morgan fingerprint density at radius 1 is 1.00 bits per heavy atom. The monoisotopic (exact) mass is 621 g/mol. The summed E-state index contributed by atoms with van der Waals surface area (Å²) in [5, 5.41) is 13.0. The summed E-state index contributed by atoms with van der Waals surface area (Å²) in [7, 11) is 1.00. The van der Waals surface area contributed by atoms with Crippen molar-refractivity contribution in [2.24, 2.45) is 16.5 Å². The minimum atomic E-state index is -0.312. The number of aliphatic hydroxyl groups excluding tert-OH is 1. The Kier molecular flexibility index (Phi) is 17.8. The van der Waals surface area contributed by atoms with Crippen molar-refractivity contribution in [3.63, 3.8) is 0 Å². The van der Waals surface area contributed by atoms with E-state index in [0.29, 0.717) is 55.0 Å². The van der Waals surface area contributed by atoms with Crippen LogP contribution in [0.25, 0.3) is 22.5 Å². The average Bonchev–Trinajstić information content (AvgIpc) is 3.35. The van der Waals surface area contributed by atoms with Crippen molar-refractivity contribution < 1.29 is 24.3 Å². The van der Waals surface area contributed by atoms with Gasteiger partial charge in [0, 0.05) is 45.3 Å². The van der Waals surface area contributed by atoms with Crippen LogP contribution in [0.3, 0.4) is 0 Å². The molecule has 45 heavy (non-hydrogen) atoms. The molecular weight excluding hydrogens is 574 g/mol.